The molecule has 0 radical (unpaired) electrons. The number of nitrogens with one attached hydrogen (secondary N) is 1. The van der Waals surface area contributed by atoms with E-state index in [0.717, 1.165) is 16.5 Å². The third-order valence-corrected chi connectivity index (χ3v) is 3.80. The predicted octanol–water partition coefficient (Wildman–Crippen LogP) is 3.37. The maximum absolute atomic E-state index is 10.3. The second-order valence-corrected chi connectivity index (χ2v) is 5.38. The van der Waals surface area contributed by atoms with Crippen molar-refractivity contribution in [3.63, 3.8) is 0 Å². The molecule has 0 spiro atoms. The molecule has 3 aromatic rings. The Morgan fingerprint density at radius 3 is 2.41 bits per heavy atom. The van der Waals surface area contributed by atoms with Crippen LogP contribution in [-0.2, 0) is 6.54 Å². The van der Waals surface area contributed by atoms with Crippen LogP contribution in [0.2, 0.25) is 0 Å². The highest BCUT2D eigenvalue weighted by atomic mass is 16.3. The summed E-state index contributed by atoms with van der Waals surface area (Å²) >= 11 is 0. The SMILES string of the molecule is Oc1ccccc1CNCC(O)c1ccc2ccccc2c1. The molecule has 0 aliphatic heterocycles. The summed E-state index contributed by atoms with van der Waals surface area (Å²) < 4.78 is 0. The molecular formula is C19H19NO2. The van der Waals surface area contributed by atoms with Gasteiger partial charge in [0.2, 0.25) is 0 Å². The minimum Gasteiger partial charge on any atom is -0.508 e. The van der Waals surface area contributed by atoms with Crippen LogP contribution in [-0.4, -0.2) is 16.8 Å². The highest BCUT2D eigenvalue weighted by molar-refractivity contribution is 5.83. The van der Waals surface area contributed by atoms with E-state index in [2.05, 4.69) is 11.4 Å². The fourth-order valence-electron chi connectivity index (χ4n) is 2.54. The maximum atomic E-state index is 10.3. The largest absolute Gasteiger partial charge is 0.508 e. The third kappa shape index (κ3) is 3.27. The van der Waals surface area contributed by atoms with Gasteiger partial charge in [-0.1, -0.05) is 54.6 Å². The summed E-state index contributed by atoms with van der Waals surface area (Å²) in [7, 11) is 0. The van der Waals surface area contributed by atoms with Gasteiger partial charge in [-0.15, -0.1) is 0 Å². The van der Waals surface area contributed by atoms with Gasteiger partial charge in [-0.3, -0.25) is 0 Å². The molecule has 0 heterocycles. The predicted molar refractivity (Wildman–Crippen MR) is 88.7 cm³/mol. The van der Waals surface area contributed by atoms with E-state index in [4.69, 9.17) is 0 Å². The van der Waals surface area contributed by atoms with Crippen molar-refractivity contribution >= 4 is 10.8 Å². The topological polar surface area (TPSA) is 52.5 Å². The summed E-state index contributed by atoms with van der Waals surface area (Å²) in [6, 6.07) is 21.3. The third-order valence-electron chi connectivity index (χ3n) is 3.80. The van der Waals surface area contributed by atoms with E-state index in [1.54, 1.807) is 12.1 Å². The molecule has 0 fully saturated rings. The Kier molecular flexibility index (Phi) is 4.37. The molecule has 3 rings (SSSR count). The van der Waals surface area contributed by atoms with E-state index in [0.29, 0.717) is 13.1 Å². The van der Waals surface area contributed by atoms with Crippen molar-refractivity contribution in [2.45, 2.75) is 12.6 Å². The number of benzene rings is 3. The van der Waals surface area contributed by atoms with Crippen LogP contribution in [0.5, 0.6) is 5.75 Å². The van der Waals surface area contributed by atoms with Crippen LogP contribution in [0.4, 0.5) is 0 Å². The number of aromatic hydroxyl groups is 1. The van der Waals surface area contributed by atoms with Gasteiger partial charge in [-0.05, 0) is 28.5 Å². The number of hydrogen-bond acceptors (Lipinski definition) is 3. The molecule has 1 atom stereocenters. The molecule has 0 saturated carbocycles. The molecule has 0 amide bonds. The van der Waals surface area contributed by atoms with Crippen LogP contribution in [0.1, 0.15) is 17.2 Å². The van der Waals surface area contributed by atoms with Crippen molar-refractivity contribution in [1.82, 2.24) is 5.32 Å². The van der Waals surface area contributed by atoms with Crippen LogP contribution >= 0.6 is 0 Å². The monoisotopic (exact) mass is 293 g/mol. The van der Waals surface area contributed by atoms with Gasteiger partial charge in [0.05, 0.1) is 6.10 Å². The van der Waals surface area contributed by atoms with Crippen LogP contribution in [0.3, 0.4) is 0 Å². The van der Waals surface area contributed by atoms with Crippen molar-refractivity contribution in [3.05, 3.63) is 77.9 Å². The smallest absolute Gasteiger partial charge is 0.120 e. The van der Waals surface area contributed by atoms with E-state index in [-0.39, 0.29) is 5.75 Å². The Labute approximate surface area is 129 Å². The molecule has 3 nitrogen and oxygen atoms in total. The zero-order valence-electron chi connectivity index (χ0n) is 12.2. The van der Waals surface area contributed by atoms with Gasteiger partial charge in [-0.25, -0.2) is 0 Å². The maximum Gasteiger partial charge on any atom is 0.120 e. The number of phenolic OH excluding ortho intramolecular Hbond substituents is 1. The second-order valence-electron chi connectivity index (χ2n) is 5.38. The average molecular weight is 293 g/mol. The molecule has 1 unspecified atom stereocenters. The molecule has 112 valence electrons. The van der Waals surface area contributed by atoms with Gasteiger partial charge >= 0.3 is 0 Å². The number of aliphatic hydroxyl groups is 1. The number of hydrogen-bond donors (Lipinski definition) is 3. The quantitative estimate of drug-likeness (QED) is 0.676. The first-order chi connectivity index (χ1) is 10.7. The minimum atomic E-state index is -0.574. The molecule has 0 bridgehead atoms. The lowest BCUT2D eigenvalue weighted by molar-refractivity contribution is 0.174. The zero-order chi connectivity index (χ0) is 15.4. The van der Waals surface area contributed by atoms with Crippen LogP contribution in [0, 0.1) is 0 Å². The van der Waals surface area contributed by atoms with E-state index < -0.39 is 6.10 Å². The number of aliphatic hydroxyl groups excluding tert-OH is 1. The minimum absolute atomic E-state index is 0.273. The Hall–Kier alpha value is -2.36. The van der Waals surface area contributed by atoms with Crippen molar-refractivity contribution in [2.24, 2.45) is 0 Å². The van der Waals surface area contributed by atoms with Crippen LogP contribution in [0.15, 0.2) is 66.7 Å². The lowest BCUT2D eigenvalue weighted by atomic mass is 10.0. The molecule has 0 saturated heterocycles. The summed E-state index contributed by atoms with van der Waals surface area (Å²) in [5.74, 6) is 0.273. The van der Waals surface area contributed by atoms with Gasteiger partial charge < -0.3 is 15.5 Å². The number of phenols is 1. The number of fused-ring (bicyclic) bond motifs is 1. The molecule has 0 aromatic heterocycles. The Morgan fingerprint density at radius 2 is 1.59 bits per heavy atom. The van der Waals surface area contributed by atoms with Gasteiger partial charge in [-0.2, -0.15) is 0 Å². The summed E-state index contributed by atoms with van der Waals surface area (Å²) in [4.78, 5) is 0. The van der Waals surface area contributed by atoms with E-state index >= 15 is 0 Å². The highest BCUT2D eigenvalue weighted by Gasteiger charge is 2.08. The molecule has 0 aliphatic carbocycles. The normalized spacial score (nSPS) is 12.4. The molecule has 3 heteroatoms. The van der Waals surface area contributed by atoms with E-state index in [9.17, 15) is 10.2 Å². The van der Waals surface area contributed by atoms with Crippen LogP contribution in [0.25, 0.3) is 10.8 Å². The first-order valence-electron chi connectivity index (χ1n) is 7.38. The first-order valence-corrected chi connectivity index (χ1v) is 7.38. The van der Waals surface area contributed by atoms with Gasteiger partial charge in [0.1, 0.15) is 5.75 Å². The van der Waals surface area contributed by atoms with E-state index in [1.807, 2.05) is 48.5 Å². The van der Waals surface area contributed by atoms with E-state index in [1.165, 1.54) is 5.39 Å². The molecule has 22 heavy (non-hydrogen) atoms. The fraction of sp³-hybridized carbons (Fsp3) is 0.158. The van der Waals surface area contributed by atoms with Gasteiger partial charge in [0.25, 0.3) is 0 Å². The second kappa shape index (κ2) is 6.60. The molecular weight excluding hydrogens is 274 g/mol. The summed E-state index contributed by atoms with van der Waals surface area (Å²) in [6.45, 7) is 0.962. The lowest BCUT2D eigenvalue weighted by Gasteiger charge is -2.13. The summed E-state index contributed by atoms with van der Waals surface area (Å²) in [6.07, 6.45) is -0.574. The molecule has 3 aromatic carbocycles. The average Bonchev–Trinajstić information content (AvgIpc) is 2.56. The lowest BCUT2D eigenvalue weighted by Crippen LogP contribution is -2.21. The Bertz CT molecular complexity index is 770. The number of rotatable bonds is 5. The molecule has 3 N–H and O–H groups in total. The van der Waals surface area contributed by atoms with Crippen molar-refractivity contribution < 1.29 is 10.2 Å². The van der Waals surface area contributed by atoms with Crippen LogP contribution < -0.4 is 5.32 Å². The van der Waals surface area contributed by atoms with Gasteiger partial charge in [0.15, 0.2) is 0 Å². The fourth-order valence-corrected chi connectivity index (χ4v) is 2.54. The summed E-state index contributed by atoms with van der Waals surface area (Å²) in [5.41, 5.74) is 1.72. The Morgan fingerprint density at radius 1 is 0.864 bits per heavy atom. The van der Waals surface area contributed by atoms with Gasteiger partial charge in [0, 0.05) is 18.7 Å². The van der Waals surface area contributed by atoms with Crippen molar-refractivity contribution in [2.75, 3.05) is 6.54 Å². The van der Waals surface area contributed by atoms with Crippen molar-refractivity contribution in [3.8, 4) is 5.75 Å². The standard InChI is InChI=1S/C19H19NO2/c21-18-8-4-3-7-17(18)12-20-13-19(22)16-10-9-14-5-1-2-6-15(14)11-16/h1-11,19-22H,12-13H2. The first kappa shape index (κ1) is 14.6. The summed E-state index contributed by atoms with van der Waals surface area (Å²) in [5, 5.41) is 25.5. The number of para-hydroxylation sites is 1. The highest BCUT2D eigenvalue weighted by Crippen LogP contribution is 2.20. The van der Waals surface area contributed by atoms with Crippen molar-refractivity contribution in [1.29, 1.82) is 0 Å². The zero-order valence-corrected chi connectivity index (χ0v) is 12.2. The Balaban J connectivity index is 1.63. The molecule has 0 aliphatic rings.